The Labute approximate surface area is 86.0 Å². The molecule has 0 aromatic heterocycles. The van der Waals surface area contributed by atoms with Crippen molar-refractivity contribution in [2.24, 2.45) is 0 Å². The first kappa shape index (κ1) is 87.0. The van der Waals surface area contributed by atoms with Gasteiger partial charge in [0.25, 0.3) is 0 Å². The van der Waals surface area contributed by atoms with Gasteiger partial charge in [-0.1, -0.05) is 0 Å². The third-order valence-electron chi connectivity index (χ3n) is 0. The summed E-state index contributed by atoms with van der Waals surface area (Å²) in [4.78, 5) is 0. The quantitative estimate of drug-likeness (QED) is 0.564. The molecule has 29 valence electrons. The minimum absolute atomic E-state index is 0. The van der Waals surface area contributed by atoms with Crippen molar-refractivity contribution >= 4 is 25.8 Å². The first-order chi connectivity index (χ1) is 0. The Hall–Kier alpha value is 2.22. The first-order valence-electron chi connectivity index (χ1n) is 0. The fourth-order valence-electron chi connectivity index (χ4n) is 0. The monoisotopic (exact) mass is 304 g/mol. The molecule has 6 heavy (non-hydrogen) atoms. The second kappa shape index (κ2) is 56.7. The van der Waals surface area contributed by atoms with Gasteiger partial charge >= 0.3 is 52.0 Å². The minimum Gasteiger partial charge on any atom is -2.00 e. The largest absolute Gasteiger partial charge is 4.00 e. The van der Waals surface area contributed by atoms with Gasteiger partial charge in [0.1, 0.15) is 0 Å². The van der Waals surface area contributed by atoms with Gasteiger partial charge in [0.2, 0.25) is 0 Å². The SMILES string of the molecule is [In+3].[O-2].[O-2].[O-2].[V].[Zr+4]. The van der Waals surface area contributed by atoms with Gasteiger partial charge in [0.15, 0.2) is 0 Å². The van der Waals surface area contributed by atoms with E-state index >= 15 is 0 Å². The van der Waals surface area contributed by atoms with E-state index in [1.165, 1.54) is 0 Å². The molecule has 0 spiro atoms. The van der Waals surface area contributed by atoms with Crippen molar-refractivity contribution in [1.29, 1.82) is 0 Å². The third-order valence-corrected chi connectivity index (χ3v) is 0. The molecule has 0 rings (SSSR count). The van der Waals surface area contributed by atoms with Crippen LogP contribution in [0.5, 0.6) is 0 Å². The van der Waals surface area contributed by atoms with Crippen LogP contribution in [0.25, 0.3) is 0 Å². The predicted octanol–water partition coefficient (Wildman–Crippen LogP) is -0.742. The Morgan fingerprint density at radius 1 is 0.667 bits per heavy atom. The molecule has 0 saturated heterocycles. The molecular weight excluding hydrogens is 305 g/mol. The fraction of sp³-hybridized carbons (Fsp3) is 0. The molecule has 0 N–H and O–H groups in total. The van der Waals surface area contributed by atoms with E-state index in [-0.39, 0.29) is 87.0 Å². The summed E-state index contributed by atoms with van der Waals surface area (Å²) in [5.74, 6) is 0. The third kappa shape index (κ3) is 34.4. The second-order valence-electron chi connectivity index (χ2n) is 0. The first-order valence-corrected chi connectivity index (χ1v) is 0. The van der Waals surface area contributed by atoms with E-state index in [1.807, 2.05) is 0 Å². The van der Waals surface area contributed by atoms with E-state index in [4.69, 9.17) is 0 Å². The molecule has 0 aromatic rings. The molecule has 0 unspecified atom stereocenters. The smallest absolute Gasteiger partial charge is 2.00 e. The zero-order valence-electron chi connectivity index (χ0n) is 2.75. The van der Waals surface area contributed by atoms with Gasteiger partial charge in [-0.15, -0.1) is 0 Å². The van der Waals surface area contributed by atoms with Crippen molar-refractivity contribution in [1.82, 2.24) is 0 Å². The van der Waals surface area contributed by atoms with Crippen molar-refractivity contribution in [3.63, 3.8) is 0 Å². The summed E-state index contributed by atoms with van der Waals surface area (Å²) in [6.45, 7) is 0. The van der Waals surface area contributed by atoms with Gasteiger partial charge < -0.3 is 16.4 Å². The summed E-state index contributed by atoms with van der Waals surface area (Å²) in [7, 11) is 0. The number of rotatable bonds is 0. The Bertz CT molecular complexity index is 10.8. The molecule has 0 aromatic carbocycles. The summed E-state index contributed by atoms with van der Waals surface area (Å²) < 4.78 is 0. The molecular formula is InO3VZr+. The van der Waals surface area contributed by atoms with Crippen molar-refractivity contribution in [2.75, 3.05) is 0 Å². The molecule has 6 heteroatoms. The minimum atomic E-state index is 0. The predicted molar refractivity (Wildman–Crippen MR) is 7.81 cm³/mol. The molecule has 0 aliphatic heterocycles. The van der Waals surface area contributed by atoms with Gasteiger partial charge in [-0.05, 0) is 0 Å². The molecule has 0 aliphatic carbocycles. The second-order valence-corrected chi connectivity index (χ2v) is 0. The number of hydrogen-bond donors (Lipinski definition) is 0. The average Bonchev–Trinajstić information content (AvgIpc) is 0. The van der Waals surface area contributed by atoms with E-state index in [2.05, 4.69) is 0 Å². The molecule has 0 amide bonds. The van der Waals surface area contributed by atoms with E-state index in [1.54, 1.807) is 0 Å². The van der Waals surface area contributed by atoms with Crippen LogP contribution in [0.1, 0.15) is 0 Å². The zero-order valence-corrected chi connectivity index (χ0v) is 9.90. The Morgan fingerprint density at radius 3 is 0.667 bits per heavy atom. The summed E-state index contributed by atoms with van der Waals surface area (Å²) >= 11 is 0. The van der Waals surface area contributed by atoms with Crippen molar-refractivity contribution in [3.05, 3.63) is 0 Å². The molecule has 3 nitrogen and oxygen atoms in total. The van der Waals surface area contributed by atoms with Crippen molar-refractivity contribution in [3.8, 4) is 0 Å². The maximum Gasteiger partial charge on any atom is 4.00 e. The van der Waals surface area contributed by atoms with E-state index in [0.717, 1.165) is 0 Å². The standard InChI is InChI=1S/In.3O.V.Zr/q+3;3*-2;;+4. The topological polar surface area (TPSA) is 85.5 Å². The summed E-state index contributed by atoms with van der Waals surface area (Å²) in [6.07, 6.45) is 0. The molecule has 0 aliphatic rings. The molecule has 0 heterocycles. The molecule has 0 fully saturated rings. The Morgan fingerprint density at radius 2 is 0.667 bits per heavy atom. The molecule has 0 atom stereocenters. The van der Waals surface area contributed by atoms with E-state index < -0.39 is 0 Å². The summed E-state index contributed by atoms with van der Waals surface area (Å²) in [6, 6.07) is 0. The van der Waals surface area contributed by atoms with Crippen molar-refractivity contribution < 1.29 is 61.2 Å². The fourth-order valence-corrected chi connectivity index (χ4v) is 0. The Balaban J connectivity index is 0. The van der Waals surface area contributed by atoms with Crippen LogP contribution in [0.2, 0.25) is 0 Å². The molecule has 1 radical (unpaired) electrons. The average molecular weight is 305 g/mol. The van der Waals surface area contributed by atoms with Crippen LogP contribution < -0.4 is 0 Å². The van der Waals surface area contributed by atoms with Gasteiger partial charge in [0.05, 0.1) is 0 Å². The van der Waals surface area contributed by atoms with E-state index in [9.17, 15) is 0 Å². The van der Waals surface area contributed by atoms with E-state index in [0.29, 0.717) is 0 Å². The van der Waals surface area contributed by atoms with Gasteiger partial charge in [-0.3, -0.25) is 0 Å². The van der Waals surface area contributed by atoms with Gasteiger partial charge in [0, 0.05) is 18.6 Å². The van der Waals surface area contributed by atoms with Crippen LogP contribution in [0.15, 0.2) is 0 Å². The molecule has 0 bridgehead atoms. The van der Waals surface area contributed by atoms with Crippen LogP contribution in [-0.4, -0.2) is 25.8 Å². The van der Waals surface area contributed by atoms with Gasteiger partial charge in [-0.25, -0.2) is 0 Å². The summed E-state index contributed by atoms with van der Waals surface area (Å²) in [5.41, 5.74) is 0. The van der Waals surface area contributed by atoms with Crippen LogP contribution in [0.3, 0.4) is 0 Å². The Kier molecular flexibility index (Phi) is 823. The van der Waals surface area contributed by atoms with Crippen LogP contribution in [0, 0.1) is 0 Å². The maximum absolute atomic E-state index is 0. The molecule has 0 saturated carbocycles. The normalized spacial score (nSPS) is 0. The van der Waals surface area contributed by atoms with Crippen LogP contribution in [0.4, 0.5) is 0 Å². The van der Waals surface area contributed by atoms with Crippen LogP contribution >= 0.6 is 0 Å². The van der Waals surface area contributed by atoms with Crippen molar-refractivity contribution in [2.45, 2.75) is 0 Å². The number of hydrogen-bond acceptors (Lipinski definition) is 0. The summed E-state index contributed by atoms with van der Waals surface area (Å²) in [5, 5.41) is 0. The maximum atomic E-state index is 0. The van der Waals surface area contributed by atoms with Crippen LogP contribution in [-0.2, 0) is 61.2 Å². The zero-order chi connectivity index (χ0) is 0. The van der Waals surface area contributed by atoms with Gasteiger partial charge in [-0.2, -0.15) is 0 Å².